The van der Waals surface area contributed by atoms with Gasteiger partial charge in [-0.05, 0) is 37.9 Å². The maximum Gasteiger partial charge on any atom is 0.122 e. The lowest BCUT2D eigenvalue weighted by Crippen LogP contribution is -2.43. The first-order valence-electron chi connectivity index (χ1n) is 7.40. The molecule has 0 bridgehead atoms. The van der Waals surface area contributed by atoms with E-state index in [9.17, 15) is 0 Å². The van der Waals surface area contributed by atoms with Crippen LogP contribution in [-0.2, 0) is 4.74 Å². The van der Waals surface area contributed by atoms with Gasteiger partial charge in [0.15, 0.2) is 0 Å². The Bertz CT molecular complexity index is 347. The van der Waals surface area contributed by atoms with Crippen LogP contribution in [0.4, 0.5) is 0 Å². The molecule has 0 radical (unpaired) electrons. The smallest absolute Gasteiger partial charge is 0.122 e. The molecule has 3 unspecified atom stereocenters. The van der Waals surface area contributed by atoms with Crippen molar-refractivity contribution in [2.24, 2.45) is 5.73 Å². The van der Waals surface area contributed by atoms with Crippen LogP contribution in [0.3, 0.4) is 0 Å². The lowest BCUT2D eigenvalue weighted by molar-refractivity contribution is 0.0481. The summed E-state index contributed by atoms with van der Waals surface area (Å²) in [7, 11) is 0. The van der Waals surface area contributed by atoms with Gasteiger partial charge in [0, 0.05) is 19.2 Å². The molecule has 1 aliphatic rings. The average molecular weight is 266 g/mol. The van der Waals surface area contributed by atoms with Gasteiger partial charge in [-0.25, -0.2) is 0 Å². The summed E-state index contributed by atoms with van der Waals surface area (Å²) in [6.45, 7) is 7.09. The molecule has 108 valence electrons. The molecule has 1 fully saturated rings. The maximum atomic E-state index is 6.32. The Labute approximate surface area is 115 Å². The van der Waals surface area contributed by atoms with Crippen LogP contribution < -0.4 is 5.73 Å². The van der Waals surface area contributed by atoms with Crippen molar-refractivity contribution in [2.45, 2.75) is 51.3 Å². The Morgan fingerprint density at radius 1 is 1.47 bits per heavy atom. The third kappa shape index (κ3) is 3.59. The molecule has 1 aromatic rings. The highest BCUT2D eigenvalue weighted by molar-refractivity contribution is 5.08. The average Bonchev–Trinajstić information content (AvgIpc) is 3.10. The third-order valence-corrected chi connectivity index (χ3v) is 3.97. The molecule has 19 heavy (non-hydrogen) atoms. The minimum absolute atomic E-state index is 0.0903. The highest BCUT2D eigenvalue weighted by Gasteiger charge is 2.29. The summed E-state index contributed by atoms with van der Waals surface area (Å²) in [6, 6.07) is 4.20. The molecule has 0 aromatic carbocycles. The highest BCUT2D eigenvalue weighted by Crippen LogP contribution is 2.27. The van der Waals surface area contributed by atoms with Crippen LogP contribution in [0.15, 0.2) is 22.8 Å². The largest absolute Gasteiger partial charge is 0.468 e. The van der Waals surface area contributed by atoms with Gasteiger partial charge in [-0.1, -0.05) is 13.8 Å². The Morgan fingerprint density at radius 2 is 2.32 bits per heavy atom. The van der Waals surface area contributed by atoms with E-state index in [1.807, 2.05) is 12.1 Å². The molecule has 0 amide bonds. The summed E-state index contributed by atoms with van der Waals surface area (Å²) in [5.41, 5.74) is 6.32. The van der Waals surface area contributed by atoms with Crippen molar-refractivity contribution < 1.29 is 9.15 Å². The van der Waals surface area contributed by atoms with Gasteiger partial charge >= 0.3 is 0 Å². The van der Waals surface area contributed by atoms with Crippen molar-refractivity contribution in [3.8, 4) is 0 Å². The summed E-state index contributed by atoms with van der Waals surface area (Å²) >= 11 is 0. The molecule has 1 saturated heterocycles. The van der Waals surface area contributed by atoms with Gasteiger partial charge in [-0.2, -0.15) is 0 Å². The van der Waals surface area contributed by atoms with E-state index in [2.05, 4.69) is 18.7 Å². The first-order valence-corrected chi connectivity index (χ1v) is 7.40. The number of likely N-dealkylation sites (N-methyl/N-ethyl adjacent to an activating group) is 1. The zero-order valence-corrected chi connectivity index (χ0v) is 12.0. The van der Waals surface area contributed by atoms with Crippen LogP contribution >= 0.6 is 0 Å². The zero-order valence-electron chi connectivity index (χ0n) is 12.0. The van der Waals surface area contributed by atoms with Crippen molar-refractivity contribution in [1.29, 1.82) is 0 Å². The molecule has 0 aliphatic carbocycles. The molecule has 4 heteroatoms. The van der Waals surface area contributed by atoms with Crippen LogP contribution in [-0.4, -0.2) is 36.7 Å². The topological polar surface area (TPSA) is 51.6 Å². The highest BCUT2D eigenvalue weighted by atomic mass is 16.5. The van der Waals surface area contributed by atoms with Crippen LogP contribution in [0.5, 0.6) is 0 Å². The van der Waals surface area contributed by atoms with Crippen LogP contribution in [0.1, 0.15) is 44.9 Å². The third-order valence-electron chi connectivity index (χ3n) is 3.97. The summed E-state index contributed by atoms with van der Waals surface area (Å²) in [4.78, 5) is 2.39. The standard InChI is InChI=1S/C15H26N2O2/c1-3-13(16)15(14-8-6-10-19-14)17(4-2)11-12-7-5-9-18-12/h6,8,10,12-13,15H,3-5,7,9,11,16H2,1-2H3. The molecular weight excluding hydrogens is 240 g/mol. The van der Waals surface area contributed by atoms with E-state index >= 15 is 0 Å². The predicted octanol–water partition coefficient (Wildman–Crippen LogP) is 2.56. The Hall–Kier alpha value is -0.840. The molecule has 0 saturated carbocycles. The summed E-state index contributed by atoms with van der Waals surface area (Å²) in [5.74, 6) is 0.967. The number of nitrogens with two attached hydrogens (primary N) is 1. The number of hydrogen-bond acceptors (Lipinski definition) is 4. The van der Waals surface area contributed by atoms with Crippen molar-refractivity contribution in [2.75, 3.05) is 19.7 Å². The molecule has 2 N–H and O–H groups in total. The second kappa shape index (κ2) is 7.08. The van der Waals surface area contributed by atoms with Crippen molar-refractivity contribution in [3.63, 3.8) is 0 Å². The van der Waals surface area contributed by atoms with E-state index in [1.165, 1.54) is 6.42 Å². The van der Waals surface area contributed by atoms with Gasteiger partial charge in [-0.15, -0.1) is 0 Å². The van der Waals surface area contributed by atoms with Gasteiger partial charge in [0.2, 0.25) is 0 Å². The SMILES string of the molecule is CCC(N)C(c1ccco1)N(CC)CC1CCCO1. The van der Waals surface area contributed by atoms with E-state index in [4.69, 9.17) is 14.9 Å². The first kappa shape index (κ1) is 14.6. The number of ether oxygens (including phenoxy) is 1. The lowest BCUT2D eigenvalue weighted by Gasteiger charge is -2.34. The molecule has 0 spiro atoms. The van der Waals surface area contributed by atoms with Crippen molar-refractivity contribution in [1.82, 2.24) is 4.90 Å². The van der Waals surface area contributed by atoms with Gasteiger partial charge < -0.3 is 14.9 Å². The van der Waals surface area contributed by atoms with Crippen LogP contribution in [0.2, 0.25) is 0 Å². The Balaban J connectivity index is 2.09. The van der Waals surface area contributed by atoms with Gasteiger partial charge in [0.05, 0.1) is 18.4 Å². The zero-order chi connectivity index (χ0) is 13.7. The fourth-order valence-electron chi connectivity index (χ4n) is 2.83. The minimum Gasteiger partial charge on any atom is -0.468 e. The van der Waals surface area contributed by atoms with Gasteiger partial charge in [0.25, 0.3) is 0 Å². The number of hydrogen-bond donors (Lipinski definition) is 1. The van der Waals surface area contributed by atoms with E-state index in [0.29, 0.717) is 6.10 Å². The fourth-order valence-corrected chi connectivity index (χ4v) is 2.83. The van der Waals surface area contributed by atoms with Crippen molar-refractivity contribution >= 4 is 0 Å². The van der Waals surface area contributed by atoms with Crippen molar-refractivity contribution in [3.05, 3.63) is 24.2 Å². The molecule has 4 nitrogen and oxygen atoms in total. The second-order valence-corrected chi connectivity index (χ2v) is 5.25. The van der Waals surface area contributed by atoms with Gasteiger partial charge in [-0.3, -0.25) is 4.90 Å². The Kier molecular flexibility index (Phi) is 5.43. The van der Waals surface area contributed by atoms with Crippen LogP contribution in [0.25, 0.3) is 0 Å². The normalized spacial score (nSPS) is 22.8. The Morgan fingerprint density at radius 3 is 2.84 bits per heavy atom. The van der Waals surface area contributed by atoms with Gasteiger partial charge in [0.1, 0.15) is 5.76 Å². The lowest BCUT2D eigenvalue weighted by atomic mass is 10.0. The van der Waals surface area contributed by atoms with E-state index < -0.39 is 0 Å². The molecule has 2 rings (SSSR count). The fraction of sp³-hybridized carbons (Fsp3) is 0.733. The quantitative estimate of drug-likeness (QED) is 0.824. The number of furan rings is 1. The molecule has 1 aromatic heterocycles. The summed E-state index contributed by atoms with van der Waals surface area (Å²) in [6.07, 6.45) is 5.34. The molecule has 2 heterocycles. The summed E-state index contributed by atoms with van der Waals surface area (Å²) < 4.78 is 11.4. The molecular formula is C15H26N2O2. The first-order chi connectivity index (χ1) is 9.26. The summed E-state index contributed by atoms with van der Waals surface area (Å²) in [5, 5.41) is 0. The van der Waals surface area contributed by atoms with E-state index in [0.717, 1.165) is 38.3 Å². The monoisotopic (exact) mass is 266 g/mol. The maximum absolute atomic E-state index is 6.32. The van der Waals surface area contributed by atoms with Crippen LogP contribution in [0, 0.1) is 0 Å². The number of rotatable bonds is 7. The van der Waals surface area contributed by atoms with E-state index in [1.54, 1.807) is 6.26 Å². The molecule has 1 aliphatic heterocycles. The van der Waals surface area contributed by atoms with E-state index in [-0.39, 0.29) is 12.1 Å². The number of nitrogens with zero attached hydrogens (tertiary/aromatic N) is 1. The minimum atomic E-state index is 0.0903. The molecule has 3 atom stereocenters. The second-order valence-electron chi connectivity index (χ2n) is 5.25. The predicted molar refractivity (Wildman–Crippen MR) is 75.9 cm³/mol.